The van der Waals surface area contributed by atoms with E-state index >= 15 is 8.78 Å². The van der Waals surface area contributed by atoms with Crippen LogP contribution in [-0.2, 0) is 19.0 Å². The number of carbonyl (C=O) groups excluding carboxylic acids is 1. The average Bonchev–Trinajstić information content (AvgIpc) is 3.28. The Hall–Kier alpha value is -1.41. The van der Waals surface area contributed by atoms with Crippen LogP contribution in [0.3, 0.4) is 0 Å². The van der Waals surface area contributed by atoms with Gasteiger partial charge in [-0.25, -0.2) is 8.78 Å². The Kier molecular flexibility index (Phi) is 6.23. The summed E-state index contributed by atoms with van der Waals surface area (Å²) in [4.78, 5) is 13.9. The Bertz CT molecular complexity index is 1010. The lowest BCUT2D eigenvalue weighted by atomic mass is 9.44. The topological polar surface area (TPSA) is 65.0 Å². The third-order valence-electron chi connectivity index (χ3n) is 10.0. The van der Waals surface area contributed by atoms with Crippen molar-refractivity contribution in [3.8, 4) is 0 Å². The van der Waals surface area contributed by atoms with E-state index in [2.05, 4.69) is 6.58 Å². The van der Waals surface area contributed by atoms with Gasteiger partial charge in [-0.1, -0.05) is 45.1 Å². The molecule has 10 atom stereocenters. The molecular formula is C29H40F2O5. The number of alkyl halides is 2. The van der Waals surface area contributed by atoms with E-state index in [4.69, 9.17) is 14.2 Å². The number of ether oxygens (including phenoxy) is 3. The first-order chi connectivity index (χ1) is 16.8. The van der Waals surface area contributed by atoms with Gasteiger partial charge in [-0.15, -0.1) is 0 Å². The molecule has 0 radical (unpaired) electrons. The number of hydrogen-bond donors (Lipinski definition) is 1. The van der Waals surface area contributed by atoms with Crippen molar-refractivity contribution in [3.05, 3.63) is 36.0 Å². The van der Waals surface area contributed by atoms with E-state index < -0.39 is 58.6 Å². The van der Waals surface area contributed by atoms with Gasteiger partial charge in [0.1, 0.15) is 12.8 Å². The van der Waals surface area contributed by atoms with E-state index in [0.29, 0.717) is 24.0 Å². The summed E-state index contributed by atoms with van der Waals surface area (Å²) in [7, 11) is 0. The maximum Gasteiger partial charge on any atom is 0.193 e. The van der Waals surface area contributed by atoms with Crippen LogP contribution in [0.2, 0.25) is 0 Å². The van der Waals surface area contributed by atoms with E-state index in [1.807, 2.05) is 27.7 Å². The molecule has 0 spiro atoms. The van der Waals surface area contributed by atoms with Crippen molar-refractivity contribution >= 4 is 5.78 Å². The van der Waals surface area contributed by atoms with E-state index in [0.717, 1.165) is 6.42 Å². The van der Waals surface area contributed by atoms with Crippen LogP contribution in [0.25, 0.3) is 0 Å². The summed E-state index contributed by atoms with van der Waals surface area (Å²) in [6.45, 7) is 13.1. The normalized spacial score (nSPS) is 49.4. The maximum atomic E-state index is 17.5. The van der Waals surface area contributed by atoms with Gasteiger partial charge in [-0.3, -0.25) is 4.79 Å². The highest BCUT2D eigenvalue weighted by Gasteiger charge is 2.79. The minimum absolute atomic E-state index is 0.0192. The molecule has 2 unspecified atom stereocenters. The number of allylic oxidation sites excluding steroid dienone is 5. The zero-order chi connectivity index (χ0) is 26.3. The molecule has 4 fully saturated rings. The largest absolute Gasteiger partial charge is 0.390 e. The number of ketones is 1. The maximum absolute atomic E-state index is 17.5. The van der Waals surface area contributed by atoms with Gasteiger partial charge in [0.2, 0.25) is 0 Å². The zero-order valence-corrected chi connectivity index (χ0v) is 22.1. The summed E-state index contributed by atoms with van der Waals surface area (Å²) < 4.78 is 51.7. The minimum Gasteiger partial charge on any atom is -0.390 e. The van der Waals surface area contributed by atoms with Crippen molar-refractivity contribution in [1.29, 1.82) is 0 Å². The van der Waals surface area contributed by atoms with Crippen LogP contribution in [0.5, 0.6) is 0 Å². The average molecular weight is 507 g/mol. The van der Waals surface area contributed by atoms with Crippen LogP contribution >= 0.6 is 0 Å². The molecule has 5 aliphatic rings. The molecule has 3 saturated carbocycles. The summed E-state index contributed by atoms with van der Waals surface area (Å²) in [5.41, 5.74) is -4.75. The number of hydrogen-bond acceptors (Lipinski definition) is 5. The second-order valence-electron chi connectivity index (χ2n) is 12.2. The molecule has 4 aliphatic carbocycles. The monoisotopic (exact) mass is 506 g/mol. The van der Waals surface area contributed by atoms with Crippen LogP contribution in [0.15, 0.2) is 36.0 Å². The first-order valence-corrected chi connectivity index (χ1v) is 13.4. The summed E-state index contributed by atoms with van der Waals surface area (Å²) in [6, 6.07) is 0. The SMILES string of the molecule is C=C1C=C[C@@]2(C)C(=C1)[C@@H](F)C[C@H]1[C@@H]3CC4OC(CCC)O[C@@]4(C(=O)COC(C)C)[C@@]3(C)C[C@H](O)[C@@]12F. The minimum atomic E-state index is -2.09. The number of Topliss-reactive ketones (excluding diaryl/α,β-unsaturated/α-hetero) is 1. The third kappa shape index (κ3) is 3.21. The Morgan fingerprint density at radius 1 is 1.31 bits per heavy atom. The fourth-order valence-corrected chi connectivity index (χ4v) is 8.31. The van der Waals surface area contributed by atoms with Crippen molar-refractivity contribution in [3.63, 3.8) is 0 Å². The van der Waals surface area contributed by atoms with Crippen LogP contribution in [0, 0.1) is 22.7 Å². The molecule has 0 aromatic rings. The quantitative estimate of drug-likeness (QED) is 0.538. The summed E-state index contributed by atoms with van der Waals surface area (Å²) >= 11 is 0. The van der Waals surface area contributed by atoms with Gasteiger partial charge < -0.3 is 19.3 Å². The standard InChI is InChI=1S/C29H40F2O5/c1-7-8-25-35-24-13-18-19-12-21(30)20-11-17(4)9-10-26(20,5)28(19,31)22(32)14-27(18,6)29(24,36-25)23(33)15-34-16(2)3/h9-11,16,18-19,21-22,24-25,32H,4,7-8,12-15H2,1-3,5-6H3/t18-,19-,21-,22-,24?,25?,26-,27-,28-,29+/m0/s1. The third-order valence-corrected chi connectivity index (χ3v) is 10.0. The van der Waals surface area contributed by atoms with Crippen molar-refractivity contribution < 1.29 is 32.9 Å². The first-order valence-electron chi connectivity index (χ1n) is 13.4. The molecule has 1 N–H and O–H groups in total. The van der Waals surface area contributed by atoms with Gasteiger partial charge in [-0.2, -0.15) is 0 Å². The van der Waals surface area contributed by atoms with Crippen molar-refractivity contribution in [2.24, 2.45) is 22.7 Å². The van der Waals surface area contributed by atoms with Crippen molar-refractivity contribution in [2.45, 2.75) is 109 Å². The van der Waals surface area contributed by atoms with Gasteiger partial charge in [0.25, 0.3) is 0 Å². The van der Waals surface area contributed by atoms with Gasteiger partial charge in [0, 0.05) is 16.7 Å². The lowest BCUT2D eigenvalue weighted by molar-refractivity contribution is -0.235. The molecule has 0 amide bonds. The molecule has 5 nitrogen and oxygen atoms in total. The van der Waals surface area contributed by atoms with Crippen molar-refractivity contribution in [2.75, 3.05) is 6.61 Å². The summed E-state index contributed by atoms with van der Waals surface area (Å²) in [5, 5.41) is 11.6. The van der Waals surface area contributed by atoms with Crippen LogP contribution < -0.4 is 0 Å². The predicted octanol–water partition coefficient (Wildman–Crippen LogP) is 5.18. The highest BCUT2D eigenvalue weighted by Crippen LogP contribution is 2.72. The Morgan fingerprint density at radius 3 is 2.69 bits per heavy atom. The smallest absolute Gasteiger partial charge is 0.193 e. The summed E-state index contributed by atoms with van der Waals surface area (Å²) in [6.07, 6.45) is 2.72. The predicted molar refractivity (Wildman–Crippen MR) is 132 cm³/mol. The van der Waals surface area contributed by atoms with Gasteiger partial charge in [0.05, 0.1) is 18.3 Å². The molecule has 200 valence electrons. The second-order valence-corrected chi connectivity index (χ2v) is 12.2. The molecule has 0 bridgehead atoms. The highest BCUT2D eigenvalue weighted by molar-refractivity contribution is 5.91. The van der Waals surface area contributed by atoms with Gasteiger partial charge in [-0.05, 0) is 63.5 Å². The molecule has 36 heavy (non-hydrogen) atoms. The van der Waals surface area contributed by atoms with Crippen LogP contribution in [-0.4, -0.2) is 59.5 Å². The van der Waals surface area contributed by atoms with E-state index in [9.17, 15) is 9.90 Å². The van der Waals surface area contributed by atoms with Crippen LogP contribution in [0.1, 0.15) is 66.7 Å². The molecule has 1 saturated heterocycles. The Labute approximate surface area is 212 Å². The zero-order valence-electron chi connectivity index (χ0n) is 22.1. The number of aliphatic hydroxyl groups is 1. The van der Waals surface area contributed by atoms with E-state index in [1.165, 1.54) is 0 Å². The molecule has 1 aliphatic heterocycles. The van der Waals surface area contributed by atoms with Gasteiger partial charge >= 0.3 is 0 Å². The fourth-order valence-electron chi connectivity index (χ4n) is 8.31. The number of aliphatic hydroxyl groups excluding tert-OH is 1. The van der Waals surface area contributed by atoms with Crippen LogP contribution in [0.4, 0.5) is 8.78 Å². The van der Waals surface area contributed by atoms with Crippen molar-refractivity contribution in [1.82, 2.24) is 0 Å². The molecular weight excluding hydrogens is 466 g/mol. The lowest BCUT2D eigenvalue weighted by Gasteiger charge is -2.63. The molecule has 1 heterocycles. The summed E-state index contributed by atoms with van der Waals surface area (Å²) in [5.74, 6) is -1.45. The first kappa shape index (κ1) is 26.2. The molecule has 7 heteroatoms. The van der Waals surface area contributed by atoms with E-state index in [-0.39, 0.29) is 31.3 Å². The van der Waals surface area contributed by atoms with E-state index in [1.54, 1.807) is 25.2 Å². The molecule has 0 aromatic heterocycles. The highest BCUT2D eigenvalue weighted by atomic mass is 19.1. The fraction of sp³-hybridized carbons (Fsp3) is 0.759. The van der Waals surface area contributed by atoms with Gasteiger partial charge in [0.15, 0.2) is 23.3 Å². The number of rotatable bonds is 6. The number of fused-ring (bicyclic) bond motifs is 7. The molecule has 0 aromatic carbocycles. The molecule has 5 rings (SSSR count). The number of carbonyl (C=O) groups is 1. The Balaban J connectivity index is 1.59. The number of halogens is 2. The second kappa shape index (κ2) is 8.55. The lowest BCUT2D eigenvalue weighted by Crippen LogP contribution is -2.70. The Morgan fingerprint density at radius 2 is 2.03 bits per heavy atom.